The number of hydrogen-bond acceptors (Lipinski definition) is 8. The molecule has 3 N–H and O–H groups in total. The van der Waals surface area contributed by atoms with E-state index in [0.29, 0.717) is 28.5 Å². The first-order chi connectivity index (χ1) is 15.9. The molecule has 0 radical (unpaired) electrons. The number of nitrogens with one attached hydrogen (secondary N) is 1. The average molecular weight is 455 g/mol. The molecule has 0 saturated heterocycles. The average Bonchev–Trinajstić information content (AvgIpc) is 2.82. The summed E-state index contributed by atoms with van der Waals surface area (Å²) in [5.41, 5.74) is 6.66. The van der Waals surface area contributed by atoms with Crippen molar-refractivity contribution in [2.75, 3.05) is 11.1 Å². The van der Waals surface area contributed by atoms with Gasteiger partial charge in [0.1, 0.15) is 29.3 Å². The molecule has 0 aliphatic heterocycles. The molecular formula is C22H20F3N7O. The van der Waals surface area contributed by atoms with Gasteiger partial charge in [-0.2, -0.15) is 18.2 Å². The van der Waals surface area contributed by atoms with Crippen molar-refractivity contribution >= 4 is 17.5 Å². The highest BCUT2D eigenvalue weighted by atomic mass is 19.4. The smallest absolute Gasteiger partial charge is 0.433 e. The summed E-state index contributed by atoms with van der Waals surface area (Å²) in [4.78, 5) is 19.5. The molecule has 0 unspecified atom stereocenters. The third kappa shape index (κ3) is 6.35. The van der Waals surface area contributed by atoms with E-state index >= 15 is 0 Å². The van der Waals surface area contributed by atoms with Crippen LogP contribution in [0.3, 0.4) is 0 Å². The Bertz CT molecular complexity index is 1190. The van der Waals surface area contributed by atoms with E-state index in [0.717, 1.165) is 12.3 Å². The zero-order valence-corrected chi connectivity index (χ0v) is 17.7. The van der Waals surface area contributed by atoms with Crippen molar-refractivity contribution in [3.05, 3.63) is 73.1 Å². The van der Waals surface area contributed by atoms with Crippen molar-refractivity contribution in [1.82, 2.24) is 24.9 Å². The number of aromatic nitrogens is 5. The molecule has 11 heteroatoms. The molecule has 8 nitrogen and oxygen atoms in total. The van der Waals surface area contributed by atoms with Crippen LogP contribution in [0.25, 0.3) is 11.3 Å². The third-order valence-electron chi connectivity index (χ3n) is 3.98. The van der Waals surface area contributed by atoms with E-state index in [2.05, 4.69) is 30.2 Å². The van der Waals surface area contributed by atoms with Crippen LogP contribution in [0.2, 0.25) is 0 Å². The lowest BCUT2D eigenvalue weighted by atomic mass is 10.2. The number of halogens is 3. The van der Waals surface area contributed by atoms with Gasteiger partial charge in [0.05, 0.1) is 5.69 Å². The van der Waals surface area contributed by atoms with Crippen LogP contribution in [0.1, 0.15) is 19.5 Å². The lowest BCUT2D eigenvalue weighted by molar-refractivity contribution is -0.141. The molecule has 3 aromatic heterocycles. The first-order valence-corrected chi connectivity index (χ1v) is 9.85. The van der Waals surface area contributed by atoms with Gasteiger partial charge in [0.2, 0.25) is 5.95 Å². The maximum atomic E-state index is 12.8. The summed E-state index contributed by atoms with van der Waals surface area (Å²) in [7, 11) is 0. The van der Waals surface area contributed by atoms with E-state index in [1.54, 1.807) is 42.7 Å². The maximum Gasteiger partial charge on any atom is 0.433 e. The topological polar surface area (TPSA) is 112 Å². The van der Waals surface area contributed by atoms with E-state index in [-0.39, 0.29) is 11.7 Å². The molecule has 0 amide bonds. The fourth-order valence-electron chi connectivity index (χ4n) is 2.63. The predicted octanol–water partition coefficient (Wildman–Crippen LogP) is 5.49. The standard InChI is InChI=1S/C20H14F3N7O.C2H6/c21-20(22,23)17-7-15(5-6-27-17)31-14-3-1-13(2-4-14)28-18-8-16(29-19(24)30-18)12-9-25-11-26-10-12;1-2/h1-11H,(H3,24,28,29,30);1-2H3. The highest BCUT2D eigenvalue weighted by Gasteiger charge is 2.32. The van der Waals surface area contributed by atoms with Crippen LogP contribution < -0.4 is 15.8 Å². The molecule has 0 atom stereocenters. The first kappa shape index (κ1) is 23.4. The molecule has 0 aliphatic rings. The summed E-state index contributed by atoms with van der Waals surface area (Å²) in [6.45, 7) is 4.00. The van der Waals surface area contributed by atoms with Crippen molar-refractivity contribution in [2.24, 2.45) is 0 Å². The SMILES string of the molecule is CC.Nc1nc(Nc2ccc(Oc3ccnc(C(F)(F)F)c3)cc2)cc(-c2cncnc2)n1. The van der Waals surface area contributed by atoms with Gasteiger partial charge in [-0.1, -0.05) is 13.8 Å². The van der Waals surface area contributed by atoms with Crippen LogP contribution in [0.15, 0.2) is 67.4 Å². The van der Waals surface area contributed by atoms with Crippen LogP contribution in [0.4, 0.5) is 30.6 Å². The number of hydrogen-bond donors (Lipinski definition) is 2. The molecule has 170 valence electrons. The number of rotatable bonds is 5. The summed E-state index contributed by atoms with van der Waals surface area (Å²) in [6.07, 6.45) is 1.12. The number of anilines is 3. The first-order valence-electron chi connectivity index (χ1n) is 9.85. The van der Waals surface area contributed by atoms with Gasteiger partial charge in [-0.25, -0.2) is 15.0 Å². The fourth-order valence-corrected chi connectivity index (χ4v) is 2.63. The summed E-state index contributed by atoms with van der Waals surface area (Å²) in [5.74, 6) is 0.904. The molecule has 0 aliphatic carbocycles. The number of benzene rings is 1. The molecule has 4 rings (SSSR count). The number of pyridine rings is 1. The Balaban J connectivity index is 0.00000149. The van der Waals surface area contributed by atoms with E-state index in [9.17, 15) is 13.2 Å². The van der Waals surface area contributed by atoms with E-state index < -0.39 is 11.9 Å². The molecule has 0 bridgehead atoms. The minimum Gasteiger partial charge on any atom is -0.457 e. The van der Waals surface area contributed by atoms with E-state index in [1.807, 2.05) is 13.8 Å². The van der Waals surface area contributed by atoms with Gasteiger partial charge in [-0.3, -0.25) is 4.98 Å². The molecule has 0 saturated carbocycles. The lowest BCUT2D eigenvalue weighted by Gasteiger charge is -2.11. The Morgan fingerprint density at radius 3 is 2.27 bits per heavy atom. The van der Waals surface area contributed by atoms with Crippen LogP contribution in [-0.4, -0.2) is 24.9 Å². The van der Waals surface area contributed by atoms with Crippen molar-refractivity contribution < 1.29 is 17.9 Å². The van der Waals surface area contributed by atoms with Crippen molar-refractivity contribution in [2.45, 2.75) is 20.0 Å². The van der Waals surface area contributed by atoms with Gasteiger partial charge < -0.3 is 15.8 Å². The fraction of sp³-hybridized carbons (Fsp3) is 0.136. The number of nitrogens with zero attached hydrogens (tertiary/aromatic N) is 5. The molecule has 3 heterocycles. The Kier molecular flexibility index (Phi) is 7.34. The van der Waals surface area contributed by atoms with Gasteiger partial charge in [0.25, 0.3) is 0 Å². The normalized spacial score (nSPS) is 10.7. The van der Waals surface area contributed by atoms with Crippen molar-refractivity contribution in [3.8, 4) is 22.8 Å². The zero-order chi connectivity index (χ0) is 23.8. The largest absolute Gasteiger partial charge is 0.457 e. The Labute approximate surface area is 187 Å². The summed E-state index contributed by atoms with van der Waals surface area (Å²) in [5, 5.41) is 3.09. The van der Waals surface area contributed by atoms with Gasteiger partial charge in [0.15, 0.2) is 0 Å². The zero-order valence-electron chi connectivity index (χ0n) is 17.7. The van der Waals surface area contributed by atoms with Gasteiger partial charge >= 0.3 is 6.18 Å². The summed E-state index contributed by atoms with van der Waals surface area (Å²) >= 11 is 0. The number of ether oxygens (including phenoxy) is 1. The second-order valence-corrected chi connectivity index (χ2v) is 6.25. The highest BCUT2D eigenvalue weighted by Crippen LogP contribution is 2.31. The van der Waals surface area contributed by atoms with Crippen molar-refractivity contribution in [3.63, 3.8) is 0 Å². The quantitative estimate of drug-likeness (QED) is 0.406. The minimum absolute atomic E-state index is 0.0290. The van der Waals surface area contributed by atoms with Gasteiger partial charge in [0, 0.05) is 42.0 Å². The monoisotopic (exact) mass is 455 g/mol. The van der Waals surface area contributed by atoms with E-state index in [1.165, 1.54) is 12.4 Å². The second-order valence-electron chi connectivity index (χ2n) is 6.25. The Morgan fingerprint density at radius 1 is 0.909 bits per heavy atom. The molecule has 33 heavy (non-hydrogen) atoms. The van der Waals surface area contributed by atoms with Crippen LogP contribution in [0.5, 0.6) is 11.5 Å². The number of nitrogens with two attached hydrogens (primary N) is 1. The third-order valence-corrected chi connectivity index (χ3v) is 3.98. The molecule has 0 spiro atoms. The van der Waals surface area contributed by atoms with Crippen LogP contribution in [-0.2, 0) is 6.18 Å². The summed E-state index contributed by atoms with van der Waals surface area (Å²) in [6, 6.07) is 10.5. The number of nitrogen functional groups attached to an aromatic ring is 1. The van der Waals surface area contributed by atoms with Crippen LogP contribution in [0, 0.1) is 0 Å². The molecule has 4 aromatic rings. The van der Waals surface area contributed by atoms with Crippen molar-refractivity contribution in [1.29, 1.82) is 0 Å². The summed E-state index contributed by atoms with van der Waals surface area (Å²) < 4.78 is 43.8. The highest BCUT2D eigenvalue weighted by molar-refractivity contribution is 5.66. The predicted molar refractivity (Wildman–Crippen MR) is 118 cm³/mol. The van der Waals surface area contributed by atoms with Crippen LogP contribution >= 0.6 is 0 Å². The Morgan fingerprint density at radius 2 is 1.61 bits per heavy atom. The number of alkyl halides is 3. The molecule has 1 aromatic carbocycles. The minimum atomic E-state index is -4.54. The Hall–Kier alpha value is -4.28. The lowest BCUT2D eigenvalue weighted by Crippen LogP contribution is -2.07. The molecular weight excluding hydrogens is 435 g/mol. The van der Waals surface area contributed by atoms with Gasteiger partial charge in [-0.15, -0.1) is 0 Å². The van der Waals surface area contributed by atoms with E-state index in [4.69, 9.17) is 10.5 Å². The molecule has 0 fully saturated rings. The van der Waals surface area contributed by atoms with Gasteiger partial charge in [-0.05, 0) is 30.3 Å². The second kappa shape index (κ2) is 10.4. The maximum absolute atomic E-state index is 12.8.